The highest BCUT2D eigenvalue weighted by molar-refractivity contribution is 5.94. The van der Waals surface area contributed by atoms with Gasteiger partial charge in [0.15, 0.2) is 0 Å². The third-order valence-electron chi connectivity index (χ3n) is 8.15. The Bertz CT molecular complexity index is 1110. The zero-order chi connectivity index (χ0) is 24.9. The van der Waals surface area contributed by atoms with Gasteiger partial charge in [0, 0.05) is 47.2 Å². The minimum absolute atomic E-state index is 0.169. The van der Waals surface area contributed by atoms with E-state index in [9.17, 15) is 5.11 Å². The van der Waals surface area contributed by atoms with E-state index in [1.54, 1.807) is 0 Å². The lowest BCUT2D eigenvalue weighted by atomic mass is 9.93. The van der Waals surface area contributed by atoms with Crippen LogP contribution in [0.15, 0.2) is 36.7 Å². The minimum atomic E-state index is -0.169. The van der Waals surface area contributed by atoms with Crippen LogP contribution < -0.4 is 10.6 Å². The number of benzene rings is 1. The van der Waals surface area contributed by atoms with Gasteiger partial charge < -0.3 is 20.3 Å². The van der Waals surface area contributed by atoms with Crippen molar-refractivity contribution in [1.29, 1.82) is 0 Å². The lowest BCUT2D eigenvalue weighted by Gasteiger charge is -2.27. The van der Waals surface area contributed by atoms with Crippen LogP contribution in [0.3, 0.4) is 0 Å². The number of nitrogens with one attached hydrogen (secondary N) is 2. The highest BCUT2D eigenvalue weighted by atomic mass is 16.3. The molecule has 2 fully saturated rings. The molecule has 2 aromatic heterocycles. The Balaban J connectivity index is 1.43. The molecule has 2 heterocycles. The van der Waals surface area contributed by atoms with Crippen molar-refractivity contribution >= 4 is 22.7 Å². The van der Waals surface area contributed by atoms with Crippen molar-refractivity contribution in [3.63, 3.8) is 0 Å². The summed E-state index contributed by atoms with van der Waals surface area (Å²) in [4.78, 5) is 9.71. The van der Waals surface area contributed by atoms with Crippen LogP contribution in [0.25, 0.3) is 22.2 Å². The van der Waals surface area contributed by atoms with E-state index >= 15 is 0 Å². The molecule has 2 aliphatic carbocycles. The smallest absolute Gasteiger partial charge is 0.224 e. The van der Waals surface area contributed by atoms with Crippen molar-refractivity contribution in [3.8, 4) is 11.1 Å². The summed E-state index contributed by atoms with van der Waals surface area (Å²) in [5.41, 5.74) is 4.59. The van der Waals surface area contributed by atoms with Gasteiger partial charge in [0.05, 0.1) is 6.10 Å². The van der Waals surface area contributed by atoms with Gasteiger partial charge in [-0.1, -0.05) is 51.2 Å². The van der Waals surface area contributed by atoms with Crippen LogP contribution in [0.1, 0.15) is 96.9 Å². The number of aliphatic hydroxyl groups excluding tert-OH is 1. The first-order chi connectivity index (χ1) is 17.6. The molecule has 36 heavy (non-hydrogen) atoms. The summed E-state index contributed by atoms with van der Waals surface area (Å²) in [5.74, 6) is 0.702. The quantitative estimate of drug-likeness (QED) is 0.289. The van der Waals surface area contributed by atoms with Crippen LogP contribution in [0.4, 0.5) is 11.6 Å². The van der Waals surface area contributed by atoms with Gasteiger partial charge >= 0.3 is 0 Å². The van der Waals surface area contributed by atoms with E-state index < -0.39 is 0 Å². The first-order valence-corrected chi connectivity index (χ1v) is 14.3. The van der Waals surface area contributed by atoms with E-state index in [2.05, 4.69) is 59.5 Å². The molecule has 1 aromatic carbocycles. The summed E-state index contributed by atoms with van der Waals surface area (Å²) in [5, 5.41) is 18.4. The lowest BCUT2D eigenvalue weighted by Crippen LogP contribution is -2.21. The van der Waals surface area contributed by atoms with Crippen LogP contribution >= 0.6 is 0 Å². The first kappa shape index (κ1) is 25.1. The molecule has 2 aliphatic rings. The highest BCUT2D eigenvalue weighted by Gasteiger charge is 2.24. The summed E-state index contributed by atoms with van der Waals surface area (Å²) in [7, 11) is 0. The number of nitrogens with zero attached hydrogens (tertiary/aromatic N) is 3. The number of aromatic nitrogens is 3. The van der Waals surface area contributed by atoms with Gasteiger partial charge in [-0.3, -0.25) is 0 Å². The molecule has 6 heteroatoms. The fourth-order valence-corrected chi connectivity index (χ4v) is 6.07. The second-order valence-corrected chi connectivity index (χ2v) is 11.1. The molecular weight excluding hydrogens is 446 g/mol. The van der Waals surface area contributed by atoms with Crippen LogP contribution in [0, 0.1) is 0 Å². The Labute approximate surface area is 215 Å². The van der Waals surface area contributed by atoms with E-state index in [4.69, 9.17) is 9.97 Å². The predicted octanol–water partition coefficient (Wildman–Crippen LogP) is 7.31. The van der Waals surface area contributed by atoms with Crippen molar-refractivity contribution in [1.82, 2.24) is 14.5 Å². The van der Waals surface area contributed by atoms with Gasteiger partial charge in [-0.2, -0.15) is 4.98 Å². The van der Waals surface area contributed by atoms with Crippen molar-refractivity contribution in [2.75, 3.05) is 10.6 Å². The molecule has 0 unspecified atom stereocenters. The Hall–Kier alpha value is -2.60. The second kappa shape index (κ2) is 11.6. The number of hydrogen-bond acceptors (Lipinski definition) is 5. The van der Waals surface area contributed by atoms with Crippen LogP contribution in [0.2, 0.25) is 0 Å². The summed E-state index contributed by atoms with van der Waals surface area (Å²) in [6.07, 6.45) is 17.9. The largest absolute Gasteiger partial charge is 0.393 e. The normalized spacial score (nSPS) is 22.3. The molecule has 5 rings (SSSR count). The van der Waals surface area contributed by atoms with Gasteiger partial charge in [0.2, 0.25) is 5.95 Å². The highest BCUT2D eigenvalue weighted by Crippen LogP contribution is 2.37. The average molecular weight is 490 g/mol. The van der Waals surface area contributed by atoms with Gasteiger partial charge in [-0.15, -0.1) is 0 Å². The van der Waals surface area contributed by atoms with Gasteiger partial charge in [-0.05, 0) is 69.6 Å². The van der Waals surface area contributed by atoms with Crippen molar-refractivity contribution < 1.29 is 5.11 Å². The average Bonchev–Trinajstić information content (AvgIpc) is 3.06. The van der Waals surface area contributed by atoms with E-state index in [-0.39, 0.29) is 6.10 Å². The zero-order valence-corrected chi connectivity index (χ0v) is 22.0. The zero-order valence-electron chi connectivity index (χ0n) is 22.0. The number of aliphatic hydroxyl groups is 1. The molecule has 194 valence electrons. The number of fused-ring (bicyclic) bond motifs is 1. The molecule has 0 bridgehead atoms. The maximum Gasteiger partial charge on any atom is 0.224 e. The number of hydrogen-bond donors (Lipinski definition) is 3. The van der Waals surface area contributed by atoms with Crippen LogP contribution in [-0.4, -0.2) is 37.8 Å². The Kier molecular flexibility index (Phi) is 8.10. The fourth-order valence-electron chi connectivity index (χ4n) is 6.07. The van der Waals surface area contributed by atoms with Gasteiger partial charge in [0.1, 0.15) is 5.65 Å². The van der Waals surface area contributed by atoms with Crippen molar-refractivity contribution in [2.45, 2.75) is 115 Å². The fraction of sp³-hybridized carbons (Fsp3) is 0.600. The lowest BCUT2D eigenvalue weighted by molar-refractivity contribution is 0.111. The predicted molar refractivity (Wildman–Crippen MR) is 150 cm³/mol. The van der Waals surface area contributed by atoms with E-state index in [0.29, 0.717) is 24.1 Å². The maximum absolute atomic E-state index is 10.1. The van der Waals surface area contributed by atoms with E-state index in [1.807, 2.05) is 6.20 Å². The molecule has 0 amide bonds. The number of rotatable bonds is 8. The molecule has 3 N–H and O–H groups in total. The molecule has 0 spiro atoms. The molecule has 0 aliphatic heterocycles. The maximum atomic E-state index is 10.1. The third kappa shape index (κ3) is 5.86. The molecule has 3 aromatic rings. The Morgan fingerprint density at radius 3 is 2.42 bits per heavy atom. The summed E-state index contributed by atoms with van der Waals surface area (Å²) >= 11 is 0. The minimum Gasteiger partial charge on any atom is -0.393 e. The molecule has 1 atom stereocenters. The second-order valence-electron chi connectivity index (χ2n) is 11.1. The standard InChI is InChI=1S/C30H43N5O/c1-3-8-21(2)32-30-31-19-27-28(20-35(29(27)34-30)25-15-17-26(36)18-16-25)22-11-13-24(14-12-22)33-23-9-6-4-5-7-10-23/h11-14,19-21,23,25-26,33,36H,3-10,15-18H2,1-2H3,(H,31,32,34)/t21-,25?,26?/m0/s1. The molecule has 2 saturated carbocycles. The van der Waals surface area contributed by atoms with Crippen molar-refractivity contribution in [2.24, 2.45) is 0 Å². The Morgan fingerprint density at radius 2 is 1.72 bits per heavy atom. The van der Waals surface area contributed by atoms with Crippen LogP contribution in [-0.2, 0) is 0 Å². The van der Waals surface area contributed by atoms with Crippen LogP contribution in [0.5, 0.6) is 0 Å². The topological polar surface area (TPSA) is 75.0 Å². The summed E-state index contributed by atoms with van der Waals surface area (Å²) < 4.78 is 2.35. The summed E-state index contributed by atoms with van der Waals surface area (Å²) in [6.45, 7) is 4.39. The first-order valence-electron chi connectivity index (χ1n) is 14.3. The Morgan fingerprint density at radius 1 is 1.00 bits per heavy atom. The molecule has 0 saturated heterocycles. The molecular formula is C30H43N5O. The van der Waals surface area contributed by atoms with E-state index in [0.717, 1.165) is 49.6 Å². The summed E-state index contributed by atoms with van der Waals surface area (Å²) in [6, 6.07) is 10.2. The third-order valence-corrected chi connectivity index (χ3v) is 8.15. The number of anilines is 2. The SMILES string of the molecule is CCC[C@H](C)Nc1ncc2c(-c3ccc(NC4CCCCCC4)cc3)cn(C3CCC(O)CC3)c2n1. The van der Waals surface area contributed by atoms with E-state index in [1.165, 1.54) is 55.3 Å². The van der Waals surface area contributed by atoms with Gasteiger partial charge in [0.25, 0.3) is 0 Å². The van der Waals surface area contributed by atoms with Gasteiger partial charge in [-0.25, -0.2) is 4.98 Å². The monoisotopic (exact) mass is 489 g/mol. The molecule has 6 nitrogen and oxygen atoms in total. The molecule has 0 radical (unpaired) electrons. The van der Waals surface area contributed by atoms with Crippen molar-refractivity contribution in [3.05, 3.63) is 36.7 Å².